The molecule has 1 heterocycles. The van der Waals surface area contributed by atoms with Gasteiger partial charge in [-0.15, -0.1) is 0 Å². The van der Waals surface area contributed by atoms with Gasteiger partial charge in [0.1, 0.15) is 29.5 Å². The summed E-state index contributed by atoms with van der Waals surface area (Å²) in [6.07, 6.45) is 2.22. The molecule has 0 saturated carbocycles. The minimum absolute atomic E-state index is 0.0933. The van der Waals surface area contributed by atoms with Gasteiger partial charge in [-0.25, -0.2) is 18.7 Å². The van der Waals surface area contributed by atoms with E-state index in [9.17, 15) is 13.6 Å². The Morgan fingerprint density at radius 3 is 2.70 bits per heavy atom. The molecule has 0 radical (unpaired) electrons. The molecule has 0 unspecified atom stereocenters. The van der Waals surface area contributed by atoms with Crippen LogP contribution in [0.25, 0.3) is 0 Å². The number of hydrogen-bond donors (Lipinski definition) is 2. The quantitative estimate of drug-likeness (QED) is 0.855. The van der Waals surface area contributed by atoms with Gasteiger partial charge in [0, 0.05) is 18.7 Å². The highest BCUT2D eigenvalue weighted by atomic mass is 19.1. The molecule has 0 aliphatic carbocycles. The number of benzene rings is 1. The van der Waals surface area contributed by atoms with Crippen LogP contribution in [0.15, 0.2) is 30.6 Å². The predicted molar refractivity (Wildman–Crippen MR) is 84.3 cm³/mol. The second kappa shape index (κ2) is 7.62. The normalized spacial score (nSPS) is 10.7. The standard InChI is InChI=1S/C16H18F2N4O/c1-10(2)5-6-19-15-8-14(20-9-21-15)16(23)22-13-4-3-11(17)7-12(13)18/h3-4,7-10H,5-6H2,1-2H3,(H,22,23)(H,19,20,21). The molecular formula is C16H18F2N4O. The molecule has 122 valence electrons. The summed E-state index contributed by atoms with van der Waals surface area (Å²) in [5.41, 5.74) is -0.0138. The molecule has 1 aromatic carbocycles. The van der Waals surface area contributed by atoms with E-state index < -0.39 is 17.5 Å². The van der Waals surface area contributed by atoms with Crippen molar-refractivity contribution in [1.29, 1.82) is 0 Å². The first kappa shape index (κ1) is 16.8. The number of hydrogen-bond acceptors (Lipinski definition) is 4. The molecule has 0 aliphatic rings. The van der Waals surface area contributed by atoms with Gasteiger partial charge < -0.3 is 10.6 Å². The van der Waals surface area contributed by atoms with Crippen LogP contribution < -0.4 is 10.6 Å². The van der Waals surface area contributed by atoms with Crippen LogP contribution in [0, 0.1) is 17.6 Å². The van der Waals surface area contributed by atoms with Crippen LogP contribution in [-0.4, -0.2) is 22.4 Å². The van der Waals surface area contributed by atoms with Crippen molar-refractivity contribution in [2.45, 2.75) is 20.3 Å². The van der Waals surface area contributed by atoms with Crippen molar-refractivity contribution in [3.63, 3.8) is 0 Å². The third-order valence-corrected chi connectivity index (χ3v) is 3.11. The monoisotopic (exact) mass is 320 g/mol. The highest BCUT2D eigenvalue weighted by Crippen LogP contribution is 2.16. The zero-order chi connectivity index (χ0) is 16.8. The van der Waals surface area contributed by atoms with Crippen LogP contribution in [0.1, 0.15) is 30.8 Å². The van der Waals surface area contributed by atoms with Crippen LogP contribution in [0.5, 0.6) is 0 Å². The summed E-state index contributed by atoms with van der Waals surface area (Å²) in [5, 5.41) is 5.46. The first-order valence-electron chi connectivity index (χ1n) is 7.28. The molecule has 2 rings (SSSR count). The second-order valence-corrected chi connectivity index (χ2v) is 5.48. The van der Waals surface area contributed by atoms with E-state index in [1.165, 1.54) is 12.4 Å². The van der Waals surface area contributed by atoms with Crippen molar-refractivity contribution in [3.8, 4) is 0 Å². The Bertz CT molecular complexity index is 692. The molecule has 0 atom stereocenters. The van der Waals surface area contributed by atoms with E-state index in [1.807, 2.05) is 0 Å². The summed E-state index contributed by atoms with van der Waals surface area (Å²) in [7, 11) is 0. The van der Waals surface area contributed by atoms with Gasteiger partial charge in [0.05, 0.1) is 5.69 Å². The summed E-state index contributed by atoms with van der Waals surface area (Å²) in [5.74, 6) is -1.08. The van der Waals surface area contributed by atoms with E-state index in [2.05, 4.69) is 34.4 Å². The molecule has 23 heavy (non-hydrogen) atoms. The lowest BCUT2D eigenvalue weighted by Crippen LogP contribution is -2.16. The Labute approximate surface area is 133 Å². The molecule has 0 bridgehead atoms. The van der Waals surface area contributed by atoms with Gasteiger partial charge in [0.25, 0.3) is 5.91 Å². The Morgan fingerprint density at radius 2 is 2.00 bits per heavy atom. The van der Waals surface area contributed by atoms with Crippen molar-refractivity contribution in [1.82, 2.24) is 9.97 Å². The zero-order valence-electron chi connectivity index (χ0n) is 12.9. The van der Waals surface area contributed by atoms with E-state index in [-0.39, 0.29) is 11.4 Å². The average molecular weight is 320 g/mol. The van der Waals surface area contributed by atoms with Crippen molar-refractivity contribution in [2.75, 3.05) is 17.2 Å². The maximum Gasteiger partial charge on any atom is 0.274 e. The number of nitrogens with one attached hydrogen (secondary N) is 2. The van der Waals surface area contributed by atoms with E-state index in [1.54, 1.807) is 0 Å². The minimum atomic E-state index is -0.845. The molecule has 0 spiro atoms. The number of carbonyl (C=O) groups is 1. The number of rotatable bonds is 6. The van der Waals surface area contributed by atoms with E-state index in [0.717, 1.165) is 25.1 Å². The molecule has 0 saturated heterocycles. The van der Waals surface area contributed by atoms with Gasteiger partial charge in [0.15, 0.2) is 0 Å². The van der Waals surface area contributed by atoms with Gasteiger partial charge >= 0.3 is 0 Å². The summed E-state index contributed by atoms with van der Waals surface area (Å²) >= 11 is 0. The zero-order valence-corrected chi connectivity index (χ0v) is 12.9. The van der Waals surface area contributed by atoms with Gasteiger partial charge in [-0.1, -0.05) is 13.8 Å². The molecule has 1 amide bonds. The fourth-order valence-electron chi connectivity index (χ4n) is 1.84. The van der Waals surface area contributed by atoms with Gasteiger partial charge in [-0.05, 0) is 24.5 Å². The summed E-state index contributed by atoms with van der Waals surface area (Å²) in [6.45, 7) is 4.94. The highest BCUT2D eigenvalue weighted by Gasteiger charge is 2.12. The fourth-order valence-corrected chi connectivity index (χ4v) is 1.84. The second-order valence-electron chi connectivity index (χ2n) is 5.48. The third-order valence-electron chi connectivity index (χ3n) is 3.11. The first-order valence-corrected chi connectivity index (χ1v) is 7.28. The van der Waals surface area contributed by atoms with E-state index in [4.69, 9.17) is 0 Å². The molecule has 7 heteroatoms. The average Bonchev–Trinajstić information content (AvgIpc) is 2.50. The maximum absolute atomic E-state index is 13.5. The molecule has 0 aliphatic heterocycles. The van der Waals surface area contributed by atoms with Crippen molar-refractivity contribution < 1.29 is 13.6 Å². The summed E-state index contributed by atoms with van der Waals surface area (Å²) < 4.78 is 26.4. The Hall–Kier alpha value is -2.57. The number of nitrogens with zero attached hydrogens (tertiary/aromatic N) is 2. The predicted octanol–water partition coefficient (Wildman–Crippen LogP) is 3.47. The SMILES string of the molecule is CC(C)CCNc1cc(C(=O)Nc2ccc(F)cc2F)ncn1. The van der Waals surface area contributed by atoms with E-state index >= 15 is 0 Å². The van der Waals surface area contributed by atoms with Crippen LogP contribution in [0.2, 0.25) is 0 Å². The maximum atomic E-state index is 13.5. The molecular weight excluding hydrogens is 302 g/mol. The van der Waals surface area contributed by atoms with Crippen LogP contribution in [0.4, 0.5) is 20.3 Å². The largest absolute Gasteiger partial charge is 0.370 e. The number of halogens is 2. The van der Waals surface area contributed by atoms with Gasteiger partial charge in [-0.3, -0.25) is 4.79 Å². The number of carbonyl (C=O) groups excluding carboxylic acids is 1. The number of aromatic nitrogens is 2. The van der Waals surface area contributed by atoms with Crippen molar-refractivity contribution in [2.24, 2.45) is 5.92 Å². The Morgan fingerprint density at radius 1 is 1.22 bits per heavy atom. The fraction of sp³-hybridized carbons (Fsp3) is 0.312. The van der Waals surface area contributed by atoms with Crippen molar-refractivity contribution in [3.05, 3.63) is 47.9 Å². The van der Waals surface area contributed by atoms with E-state index in [0.29, 0.717) is 17.8 Å². The van der Waals surface area contributed by atoms with Crippen LogP contribution in [0.3, 0.4) is 0 Å². The molecule has 2 aromatic rings. The lowest BCUT2D eigenvalue weighted by molar-refractivity contribution is 0.102. The summed E-state index contributed by atoms with van der Waals surface area (Å²) in [4.78, 5) is 20.0. The summed E-state index contributed by atoms with van der Waals surface area (Å²) in [6, 6.07) is 4.41. The lowest BCUT2D eigenvalue weighted by Gasteiger charge is -2.09. The topological polar surface area (TPSA) is 66.9 Å². The van der Waals surface area contributed by atoms with Gasteiger partial charge in [-0.2, -0.15) is 0 Å². The van der Waals surface area contributed by atoms with Crippen LogP contribution >= 0.6 is 0 Å². The number of amides is 1. The van der Waals surface area contributed by atoms with Gasteiger partial charge in [0.2, 0.25) is 0 Å². The number of anilines is 2. The molecule has 0 fully saturated rings. The Kier molecular flexibility index (Phi) is 5.56. The first-order chi connectivity index (χ1) is 11.0. The van der Waals surface area contributed by atoms with Crippen molar-refractivity contribution >= 4 is 17.4 Å². The lowest BCUT2D eigenvalue weighted by atomic mass is 10.1. The van der Waals surface area contributed by atoms with Crippen LogP contribution in [-0.2, 0) is 0 Å². The molecule has 2 N–H and O–H groups in total. The highest BCUT2D eigenvalue weighted by molar-refractivity contribution is 6.03. The smallest absolute Gasteiger partial charge is 0.274 e. The Balaban J connectivity index is 2.04. The third kappa shape index (κ3) is 4.98. The molecule has 5 nitrogen and oxygen atoms in total. The molecule has 1 aromatic heterocycles. The minimum Gasteiger partial charge on any atom is -0.370 e.